The number of rotatable bonds is 5. The first-order chi connectivity index (χ1) is 13.2. The molecule has 150 valence electrons. The van der Waals surface area contributed by atoms with Crippen LogP contribution in [0.25, 0.3) is 11.5 Å². The predicted octanol–water partition coefficient (Wildman–Crippen LogP) is 1.91. The number of aryl methyl sites for hydroxylation is 2. The van der Waals surface area contributed by atoms with Gasteiger partial charge in [-0.3, -0.25) is 4.72 Å². The van der Waals surface area contributed by atoms with Crippen molar-refractivity contribution in [3.05, 3.63) is 35.9 Å². The molecular formula is C16H18N4O6S2. The number of hydrogen-bond donors (Lipinski definition) is 1. The standard InChI is InChI=1S/C16H18N4O6S2/c1-10-16(11(2)26-18-10)28(23,24)19-15-8-13(14-4-3-6-25-14)17-20(15)12-5-7-27(21,22)9-12/h3-4,6,8,12,19H,5,7,9H2,1-2H3. The SMILES string of the molecule is Cc1noc(C)c1S(=O)(=O)Nc1cc(-c2ccco2)nn1C1CCS(=O)(=O)C1. The maximum atomic E-state index is 12.9. The van der Waals surface area contributed by atoms with E-state index in [4.69, 9.17) is 8.94 Å². The van der Waals surface area contributed by atoms with Crippen molar-refractivity contribution in [2.24, 2.45) is 0 Å². The average molecular weight is 426 g/mol. The van der Waals surface area contributed by atoms with Crippen molar-refractivity contribution < 1.29 is 25.8 Å². The molecule has 1 atom stereocenters. The molecule has 4 rings (SSSR count). The number of hydrogen-bond acceptors (Lipinski definition) is 8. The molecule has 1 unspecified atom stereocenters. The van der Waals surface area contributed by atoms with Crippen molar-refractivity contribution in [2.75, 3.05) is 16.2 Å². The van der Waals surface area contributed by atoms with Gasteiger partial charge in [0.25, 0.3) is 10.0 Å². The van der Waals surface area contributed by atoms with E-state index in [9.17, 15) is 16.8 Å². The van der Waals surface area contributed by atoms with Crippen LogP contribution in [-0.4, -0.2) is 43.3 Å². The van der Waals surface area contributed by atoms with Crippen LogP contribution in [0.2, 0.25) is 0 Å². The number of furan rings is 1. The summed E-state index contributed by atoms with van der Waals surface area (Å²) in [5, 5.41) is 8.08. The molecule has 1 aliphatic rings. The van der Waals surface area contributed by atoms with Gasteiger partial charge in [-0.1, -0.05) is 5.16 Å². The Morgan fingerprint density at radius 3 is 2.68 bits per heavy atom. The second-order valence-corrected chi connectivity index (χ2v) is 10.5. The summed E-state index contributed by atoms with van der Waals surface area (Å²) in [6.07, 6.45) is 1.82. The molecule has 0 radical (unpaired) electrons. The summed E-state index contributed by atoms with van der Waals surface area (Å²) in [5.74, 6) is 0.673. The van der Waals surface area contributed by atoms with Crippen LogP contribution in [-0.2, 0) is 19.9 Å². The molecule has 1 aliphatic heterocycles. The summed E-state index contributed by atoms with van der Waals surface area (Å²) in [7, 11) is -7.21. The summed E-state index contributed by atoms with van der Waals surface area (Å²) in [4.78, 5) is -0.0566. The first-order valence-corrected chi connectivity index (χ1v) is 11.8. The number of nitrogens with zero attached hydrogens (tertiary/aromatic N) is 3. The Hall–Kier alpha value is -2.60. The highest BCUT2D eigenvalue weighted by Crippen LogP contribution is 2.32. The third kappa shape index (κ3) is 3.33. The molecule has 10 nitrogen and oxygen atoms in total. The van der Waals surface area contributed by atoms with Crippen LogP contribution in [0.15, 0.2) is 38.3 Å². The molecular weight excluding hydrogens is 408 g/mol. The fourth-order valence-corrected chi connectivity index (χ4v) is 6.37. The summed E-state index contributed by atoms with van der Waals surface area (Å²) in [6.45, 7) is 3.03. The minimum Gasteiger partial charge on any atom is -0.463 e. The monoisotopic (exact) mass is 426 g/mol. The van der Waals surface area contributed by atoms with Crippen LogP contribution in [0.5, 0.6) is 0 Å². The quantitative estimate of drug-likeness (QED) is 0.653. The Kier molecular flexibility index (Phi) is 4.34. The molecule has 4 heterocycles. The first-order valence-electron chi connectivity index (χ1n) is 8.46. The van der Waals surface area contributed by atoms with Gasteiger partial charge in [-0.15, -0.1) is 0 Å². The number of anilines is 1. The van der Waals surface area contributed by atoms with Gasteiger partial charge in [0.05, 0.1) is 23.8 Å². The second kappa shape index (κ2) is 6.48. The van der Waals surface area contributed by atoms with Crippen molar-refractivity contribution in [3.63, 3.8) is 0 Å². The lowest BCUT2D eigenvalue weighted by Crippen LogP contribution is -2.20. The zero-order valence-electron chi connectivity index (χ0n) is 15.1. The minimum absolute atomic E-state index is 0.0314. The molecule has 0 bridgehead atoms. The number of sulfone groups is 1. The normalized spacial score (nSPS) is 19.1. The fraction of sp³-hybridized carbons (Fsp3) is 0.375. The van der Waals surface area contributed by atoms with E-state index < -0.39 is 25.9 Å². The van der Waals surface area contributed by atoms with Crippen molar-refractivity contribution in [1.29, 1.82) is 0 Å². The molecule has 3 aromatic rings. The van der Waals surface area contributed by atoms with E-state index in [2.05, 4.69) is 15.0 Å². The topological polar surface area (TPSA) is 137 Å². The maximum Gasteiger partial charge on any atom is 0.268 e. The van der Waals surface area contributed by atoms with Gasteiger partial charge < -0.3 is 8.94 Å². The van der Waals surface area contributed by atoms with Gasteiger partial charge in [0, 0.05) is 6.07 Å². The van der Waals surface area contributed by atoms with E-state index in [0.717, 1.165) is 0 Å². The Morgan fingerprint density at radius 2 is 2.11 bits per heavy atom. The van der Waals surface area contributed by atoms with Crippen molar-refractivity contribution in [3.8, 4) is 11.5 Å². The molecule has 0 aliphatic carbocycles. The molecule has 1 N–H and O–H groups in total. The third-order valence-corrected chi connectivity index (χ3v) is 7.89. The van der Waals surface area contributed by atoms with Crippen LogP contribution in [0.4, 0.5) is 5.82 Å². The lowest BCUT2D eigenvalue weighted by molar-refractivity contribution is 0.390. The highest BCUT2D eigenvalue weighted by atomic mass is 32.2. The predicted molar refractivity (Wildman–Crippen MR) is 99.0 cm³/mol. The van der Waals surface area contributed by atoms with Crippen molar-refractivity contribution in [1.82, 2.24) is 14.9 Å². The molecule has 1 saturated heterocycles. The Bertz CT molecular complexity index is 1200. The molecule has 0 saturated carbocycles. The van der Waals surface area contributed by atoms with E-state index in [1.807, 2.05) is 0 Å². The van der Waals surface area contributed by atoms with E-state index in [1.165, 1.54) is 30.9 Å². The Balaban J connectivity index is 1.77. The number of aromatic nitrogens is 3. The largest absolute Gasteiger partial charge is 0.463 e. The van der Waals surface area contributed by atoms with E-state index in [1.54, 1.807) is 12.1 Å². The summed E-state index contributed by atoms with van der Waals surface area (Å²) < 4.78 is 63.8. The number of sulfonamides is 1. The first kappa shape index (κ1) is 18.7. The number of nitrogens with one attached hydrogen (secondary N) is 1. The van der Waals surface area contributed by atoms with Gasteiger partial charge >= 0.3 is 0 Å². The molecule has 28 heavy (non-hydrogen) atoms. The van der Waals surface area contributed by atoms with Crippen molar-refractivity contribution >= 4 is 25.7 Å². The van der Waals surface area contributed by atoms with E-state index in [0.29, 0.717) is 17.9 Å². The third-order valence-electron chi connectivity index (χ3n) is 4.54. The second-order valence-electron chi connectivity index (χ2n) is 6.65. The molecule has 3 aromatic heterocycles. The minimum atomic E-state index is -4.01. The van der Waals surface area contributed by atoms with Crippen molar-refractivity contribution in [2.45, 2.75) is 31.2 Å². The molecule has 0 spiro atoms. The lowest BCUT2D eigenvalue weighted by Gasteiger charge is -2.14. The summed E-state index contributed by atoms with van der Waals surface area (Å²) >= 11 is 0. The van der Waals surface area contributed by atoms with Gasteiger partial charge in [0.15, 0.2) is 26.3 Å². The zero-order valence-corrected chi connectivity index (χ0v) is 16.7. The fourth-order valence-electron chi connectivity index (χ4n) is 3.31. The maximum absolute atomic E-state index is 12.9. The van der Waals surface area contributed by atoms with E-state index in [-0.39, 0.29) is 33.7 Å². The van der Waals surface area contributed by atoms with Crippen LogP contribution in [0.1, 0.15) is 23.9 Å². The zero-order chi connectivity index (χ0) is 20.1. The van der Waals surface area contributed by atoms with Gasteiger partial charge in [-0.2, -0.15) is 5.10 Å². The highest BCUT2D eigenvalue weighted by Gasteiger charge is 2.33. The van der Waals surface area contributed by atoms with Crippen LogP contribution < -0.4 is 4.72 Å². The average Bonchev–Trinajstić information content (AvgIpc) is 3.34. The molecule has 1 fully saturated rings. The summed E-state index contributed by atoms with van der Waals surface area (Å²) in [5.41, 5.74) is 0.622. The lowest BCUT2D eigenvalue weighted by atomic mass is 10.3. The molecule has 12 heteroatoms. The Morgan fingerprint density at radius 1 is 1.32 bits per heavy atom. The van der Waals surface area contributed by atoms with Gasteiger partial charge in [0.1, 0.15) is 17.2 Å². The molecule has 0 aromatic carbocycles. The van der Waals surface area contributed by atoms with Gasteiger partial charge in [0.2, 0.25) is 0 Å². The van der Waals surface area contributed by atoms with Gasteiger partial charge in [-0.25, -0.2) is 21.5 Å². The van der Waals surface area contributed by atoms with Crippen LogP contribution >= 0.6 is 0 Å². The van der Waals surface area contributed by atoms with Crippen LogP contribution in [0.3, 0.4) is 0 Å². The highest BCUT2D eigenvalue weighted by molar-refractivity contribution is 7.92. The van der Waals surface area contributed by atoms with Crippen LogP contribution in [0, 0.1) is 13.8 Å². The molecule has 0 amide bonds. The van der Waals surface area contributed by atoms with E-state index >= 15 is 0 Å². The smallest absolute Gasteiger partial charge is 0.268 e. The Labute approximate surface area is 161 Å². The van der Waals surface area contributed by atoms with Gasteiger partial charge in [-0.05, 0) is 32.4 Å². The summed E-state index contributed by atoms with van der Waals surface area (Å²) in [6, 6.07) is 4.41.